The molecule has 0 unspecified atom stereocenters. The molecule has 7 nitrogen and oxygen atoms in total. The molecule has 10 heteroatoms. The van der Waals surface area contributed by atoms with Gasteiger partial charge in [0.05, 0.1) is 11.9 Å². The molecule has 0 heterocycles. The van der Waals surface area contributed by atoms with E-state index in [0.29, 0.717) is 12.0 Å². The van der Waals surface area contributed by atoms with E-state index in [0.717, 1.165) is 17.0 Å². The molecule has 0 aliphatic rings. The third kappa shape index (κ3) is 8.29. The van der Waals surface area contributed by atoms with E-state index < -0.39 is 27.7 Å². The molecule has 0 aliphatic heterocycles. The van der Waals surface area contributed by atoms with Gasteiger partial charge in [0.1, 0.15) is 17.7 Å². The van der Waals surface area contributed by atoms with E-state index in [1.54, 1.807) is 19.1 Å². The minimum atomic E-state index is -3.79. The molecule has 2 atom stereocenters. The maximum absolute atomic E-state index is 14.3. The van der Waals surface area contributed by atoms with Gasteiger partial charge in [-0.1, -0.05) is 38.1 Å². The quantitative estimate of drug-likeness (QED) is 0.426. The molecule has 2 amide bonds. The summed E-state index contributed by atoms with van der Waals surface area (Å²) >= 11 is 0. The van der Waals surface area contributed by atoms with Gasteiger partial charge in [0.25, 0.3) is 0 Å². The fraction of sp³-hybridized carbons (Fsp3) is 0.462. The SMILES string of the molecule is CC[C@@H](C)NC(=O)[C@@H](CC)N(Cc1ccc(F)cc1)C(=O)CCCN(c1ccccc1F)S(C)(=O)=O. The second kappa shape index (κ2) is 13.3. The number of hydrogen-bond acceptors (Lipinski definition) is 4. The lowest BCUT2D eigenvalue weighted by atomic mass is 10.1. The first kappa shape index (κ1) is 29.2. The summed E-state index contributed by atoms with van der Waals surface area (Å²) in [5.74, 6) is -1.73. The molecule has 2 aromatic carbocycles. The summed E-state index contributed by atoms with van der Waals surface area (Å²) < 4.78 is 53.2. The zero-order valence-electron chi connectivity index (χ0n) is 21.2. The molecule has 0 spiro atoms. The highest BCUT2D eigenvalue weighted by atomic mass is 32.2. The van der Waals surface area contributed by atoms with Crippen LogP contribution in [0.5, 0.6) is 0 Å². The molecule has 0 fully saturated rings. The summed E-state index contributed by atoms with van der Waals surface area (Å²) in [5, 5.41) is 2.91. The van der Waals surface area contributed by atoms with E-state index >= 15 is 0 Å². The van der Waals surface area contributed by atoms with E-state index in [9.17, 15) is 26.8 Å². The van der Waals surface area contributed by atoms with Crippen LogP contribution in [0.1, 0.15) is 52.0 Å². The molecule has 1 N–H and O–H groups in total. The average molecular weight is 524 g/mol. The lowest BCUT2D eigenvalue weighted by Crippen LogP contribution is -2.50. The highest BCUT2D eigenvalue weighted by Crippen LogP contribution is 2.22. The summed E-state index contributed by atoms with van der Waals surface area (Å²) in [6.45, 7) is 5.60. The number of nitrogens with zero attached hydrogens (tertiary/aromatic N) is 2. The molecular weight excluding hydrogens is 488 g/mol. The number of para-hydroxylation sites is 1. The van der Waals surface area contributed by atoms with Gasteiger partial charge in [0, 0.05) is 25.6 Å². The predicted molar refractivity (Wildman–Crippen MR) is 137 cm³/mol. The Morgan fingerprint density at radius 1 is 1.00 bits per heavy atom. The molecule has 0 saturated carbocycles. The molecule has 0 aliphatic carbocycles. The first-order valence-corrected chi connectivity index (χ1v) is 13.9. The second-order valence-electron chi connectivity index (χ2n) is 8.78. The molecular formula is C26H35F2N3O4S. The van der Waals surface area contributed by atoms with E-state index in [-0.39, 0.29) is 49.5 Å². The van der Waals surface area contributed by atoms with E-state index in [1.807, 2.05) is 13.8 Å². The van der Waals surface area contributed by atoms with Gasteiger partial charge in [-0.2, -0.15) is 0 Å². The van der Waals surface area contributed by atoms with Crippen LogP contribution in [0.3, 0.4) is 0 Å². The minimum absolute atomic E-state index is 0.0607. The smallest absolute Gasteiger partial charge is 0.243 e. The van der Waals surface area contributed by atoms with Crippen LogP contribution in [-0.4, -0.2) is 50.0 Å². The minimum Gasteiger partial charge on any atom is -0.352 e. The topological polar surface area (TPSA) is 86.8 Å². The summed E-state index contributed by atoms with van der Waals surface area (Å²) in [5.41, 5.74) is 0.568. The van der Waals surface area contributed by atoms with E-state index in [2.05, 4.69) is 5.32 Å². The van der Waals surface area contributed by atoms with Crippen LogP contribution in [0, 0.1) is 11.6 Å². The number of hydrogen-bond donors (Lipinski definition) is 1. The number of halogens is 2. The summed E-state index contributed by atoms with van der Waals surface area (Å²) in [7, 11) is -3.79. The number of amides is 2. The zero-order chi connectivity index (χ0) is 26.9. The molecule has 0 radical (unpaired) electrons. The van der Waals surface area contributed by atoms with Crippen molar-refractivity contribution in [3.05, 3.63) is 65.7 Å². The first-order valence-electron chi connectivity index (χ1n) is 12.0. The number of benzene rings is 2. The zero-order valence-corrected chi connectivity index (χ0v) is 22.0. The van der Waals surface area contributed by atoms with Gasteiger partial charge in [-0.15, -0.1) is 0 Å². The standard InChI is InChI=1S/C26H35F2N3O4S/c1-5-19(3)29-26(33)23(6-2)30(18-20-13-15-21(27)16-14-20)25(32)12-9-17-31(36(4,34)35)24-11-8-7-10-22(24)28/h7-8,10-11,13-16,19,23H,5-6,9,12,17-18H2,1-4H3,(H,29,33)/t19-,23-/m1/s1. The Hall–Kier alpha value is -3.01. The Morgan fingerprint density at radius 2 is 1.64 bits per heavy atom. The van der Waals surface area contributed by atoms with Crippen molar-refractivity contribution in [3.63, 3.8) is 0 Å². The Morgan fingerprint density at radius 3 is 2.19 bits per heavy atom. The van der Waals surface area contributed by atoms with Gasteiger partial charge in [0.2, 0.25) is 21.8 Å². The average Bonchev–Trinajstić information content (AvgIpc) is 2.82. The molecule has 198 valence electrons. The Balaban J connectivity index is 2.23. The van der Waals surface area contributed by atoms with Crippen molar-refractivity contribution in [2.75, 3.05) is 17.1 Å². The van der Waals surface area contributed by atoms with Gasteiger partial charge in [0.15, 0.2) is 0 Å². The van der Waals surface area contributed by atoms with Crippen molar-refractivity contribution >= 4 is 27.5 Å². The largest absolute Gasteiger partial charge is 0.352 e. The summed E-state index contributed by atoms with van der Waals surface area (Å²) in [6.07, 6.45) is 2.12. The van der Waals surface area contributed by atoms with Gasteiger partial charge in [-0.05, 0) is 56.0 Å². The lowest BCUT2D eigenvalue weighted by Gasteiger charge is -2.32. The number of rotatable bonds is 13. The maximum atomic E-state index is 14.3. The molecule has 0 saturated heterocycles. The van der Waals surface area contributed by atoms with Gasteiger partial charge >= 0.3 is 0 Å². The monoisotopic (exact) mass is 523 g/mol. The highest BCUT2D eigenvalue weighted by Gasteiger charge is 2.29. The Kier molecular flexibility index (Phi) is 10.8. The molecule has 0 bridgehead atoms. The van der Waals surface area contributed by atoms with E-state index in [1.165, 1.54) is 41.3 Å². The van der Waals surface area contributed by atoms with Crippen LogP contribution in [-0.2, 0) is 26.2 Å². The van der Waals surface area contributed by atoms with Gasteiger partial charge < -0.3 is 10.2 Å². The van der Waals surface area contributed by atoms with Gasteiger partial charge in [-0.25, -0.2) is 17.2 Å². The van der Waals surface area contributed by atoms with Crippen molar-refractivity contribution in [2.24, 2.45) is 0 Å². The maximum Gasteiger partial charge on any atom is 0.243 e. The van der Waals surface area contributed by atoms with Crippen molar-refractivity contribution < 1.29 is 26.8 Å². The number of nitrogens with one attached hydrogen (secondary N) is 1. The number of anilines is 1. The highest BCUT2D eigenvalue weighted by molar-refractivity contribution is 7.92. The van der Waals surface area contributed by atoms with Crippen LogP contribution >= 0.6 is 0 Å². The van der Waals surface area contributed by atoms with Gasteiger partial charge in [-0.3, -0.25) is 13.9 Å². The number of carbonyl (C=O) groups excluding carboxylic acids is 2. The number of sulfonamides is 1. The van der Waals surface area contributed by atoms with Crippen molar-refractivity contribution in [1.29, 1.82) is 0 Å². The lowest BCUT2D eigenvalue weighted by molar-refractivity contribution is -0.141. The molecule has 36 heavy (non-hydrogen) atoms. The third-order valence-electron chi connectivity index (χ3n) is 5.93. The van der Waals surface area contributed by atoms with Crippen molar-refractivity contribution in [1.82, 2.24) is 10.2 Å². The van der Waals surface area contributed by atoms with Crippen molar-refractivity contribution in [3.8, 4) is 0 Å². The fourth-order valence-corrected chi connectivity index (χ4v) is 4.75. The van der Waals surface area contributed by atoms with E-state index in [4.69, 9.17) is 0 Å². The van der Waals surface area contributed by atoms with Crippen LogP contribution in [0.2, 0.25) is 0 Å². The second-order valence-corrected chi connectivity index (χ2v) is 10.7. The fourth-order valence-electron chi connectivity index (χ4n) is 3.78. The Labute approximate surface area is 212 Å². The Bertz CT molecular complexity index is 1130. The molecule has 2 aromatic rings. The summed E-state index contributed by atoms with van der Waals surface area (Å²) in [4.78, 5) is 27.8. The number of carbonyl (C=O) groups is 2. The first-order chi connectivity index (χ1) is 17.0. The molecule has 2 rings (SSSR count). The third-order valence-corrected chi connectivity index (χ3v) is 7.11. The molecule has 0 aromatic heterocycles. The summed E-state index contributed by atoms with van der Waals surface area (Å²) in [6, 6.07) is 10.4. The van der Waals surface area contributed by atoms with Crippen LogP contribution in [0.15, 0.2) is 48.5 Å². The normalized spacial score (nSPS) is 13.1. The van der Waals surface area contributed by atoms with Crippen molar-refractivity contribution in [2.45, 2.75) is 65.1 Å². The predicted octanol–water partition coefficient (Wildman–Crippen LogP) is 4.23. The van der Waals surface area contributed by atoms with Crippen LogP contribution in [0.25, 0.3) is 0 Å². The van der Waals surface area contributed by atoms with Crippen LogP contribution < -0.4 is 9.62 Å². The van der Waals surface area contributed by atoms with Crippen LogP contribution in [0.4, 0.5) is 14.5 Å².